The first kappa shape index (κ1) is 17.4. The molecule has 1 N–H and O–H groups in total. The Bertz CT molecular complexity index is 750. The van der Waals surface area contributed by atoms with Crippen LogP contribution in [-0.4, -0.2) is 14.5 Å². The van der Waals surface area contributed by atoms with E-state index in [1.807, 2.05) is 44.2 Å². The molecule has 2 aromatic rings. The lowest BCUT2D eigenvalue weighted by atomic mass is 10.0. The van der Waals surface area contributed by atoms with E-state index in [1.54, 1.807) is 24.3 Å². The monoisotopic (exact) mass is 329 g/mol. The van der Waals surface area contributed by atoms with Crippen LogP contribution >= 0.6 is 0 Å². The fourth-order valence-corrected chi connectivity index (χ4v) is 3.66. The maximum absolute atomic E-state index is 12.5. The van der Waals surface area contributed by atoms with E-state index in [9.17, 15) is 8.42 Å². The molecule has 2 rings (SSSR count). The standard InChI is InChI=1S/C19H23NO2S/c1-15(2)19(14-11-17-7-5-4-6-8-17)20-23(21,22)18-12-9-16(3)10-13-18/h4-10,12-13,19-20H,1,11,14H2,2-3H3. The van der Waals surface area contributed by atoms with E-state index in [2.05, 4.69) is 11.3 Å². The van der Waals surface area contributed by atoms with Crippen LogP contribution in [-0.2, 0) is 16.4 Å². The van der Waals surface area contributed by atoms with Gasteiger partial charge < -0.3 is 0 Å². The van der Waals surface area contributed by atoms with Crippen molar-refractivity contribution in [3.63, 3.8) is 0 Å². The maximum atomic E-state index is 12.5. The van der Waals surface area contributed by atoms with Gasteiger partial charge in [-0.15, -0.1) is 0 Å². The van der Waals surface area contributed by atoms with Crippen molar-refractivity contribution < 1.29 is 8.42 Å². The lowest BCUT2D eigenvalue weighted by Gasteiger charge is -2.19. The molecule has 0 fully saturated rings. The van der Waals surface area contributed by atoms with Gasteiger partial charge in [0.25, 0.3) is 0 Å². The van der Waals surface area contributed by atoms with E-state index in [4.69, 9.17) is 0 Å². The number of hydrogen-bond acceptors (Lipinski definition) is 2. The summed E-state index contributed by atoms with van der Waals surface area (Å²) in [5.41, 5.74) is 3.04. The van der Waals surface area contributed by atoms with Crippen molar-refractivity contribution in [2.24, 2.45) is 0 Å². The molecule has 1 atom stereocenters. The highest BCUT2D eigenvalue weighted by atomic mass is 32.2. The topological polar surface area (TPSA) is 46.2 Å². The molecule has 2 aromatic carbocycles. The van der Waals surface area contributed by atoms with Crippen LogP contribution in [0.4, 0.5) is 0 Å². The first-order valence-electron chi connectivity index (χ1n) is 7.67. The highest BCUT2D eigenvalue weighted by Gasteiger charge is 2.20. The molecular weight excluding hydrogens is 306 g/mol. The zero-order chi connectivity index (χ0) is 16.9. The minimum Gasteiger partial charge on any atom is -0.207 e. The quantitative estimate of drug-likeness (QED) is 0.784. The molecule has 0 radical (unpaired) electrons. The molecule has 122 valence electrons. The zero-order valence-corrected chi connectivity index (χ0v) is 14.4. The van der Waals surface area contributed by atoms with Gasteiger partial charge in [-0.1, -0.05) is 60.2 Å². The second-order valence-corrected chi connectivity index (χ2v) is 7.57. The predicted molar refractivity (Wildman–Crippen MR) is 94.9 cm³/mol. The summed E-state index contributed by atoms with van der Waals surface area (Å²) >= 11 is 0. The number of sulfonamides is 1. The molecule has 0 spiro atoms. The summed E-state index contributed by atoms with van der Waals surface area (Å²) in [6.07, 6.45) is 1.49. The summed E-state index contributed by atoms with van der Waals surface area (Å²) in [5.74, 6) is 0. The summed E-state index contributed by atoms with van der Waals surface area (Å²) in [6.45, 7) is 7.72. The number of nitrogens with one attached hydrogen (secondary N) is 1. The lowest BCUT2D eigenvalue weighted by Crippen LogP contribution is -2.35. The van der Waals surface area contributed by atoms with Gasteiger partial charge in [0.15, 0.2) is 0 Å². The summed E-state index contributed by atoms with van der Waals surface area (Å²) < 4.78 is 27.8. The van der Waals surface area contributed by atoms with Gasteiger partial charge in [0.05, 0.1) is 4.90 Å². The van der Waals surface area contributed by atoms with Crippen LogP contribution < -0.4 is 4.72 Å². The van der Waals surface area contributed by atoms with Crippen LogP contribution in [0.2, 0.25) is 0 Å². The first-order chi connectivity index (χ1) is 10.9. The van der Waals surface area contributed by atoms with Crippen LogP contribution in [0.1, 0.15) is 24.5 Å². The predicted octanol–water partition coefficient (Wildman–Crippen LogP) is 3.85. The van der Waals surface area contributed by atoms with Crippen LogP contribution in [0.3, 0.4) is 0 Å². The largest absolute Gasteiger partial charge is 0.241 e. The van der Waals surface area contributed by atoms with E-state index >= 15 is 0 Å². The van der Waals surface area contributed by atoms with Crippen molar-refractivity contribution >= 4 is 10.0 Å². The minimum atomic E-state index is -3.54. The second kappa shape index (κ2) is 7.57. The van der Waals surface area contributed by atoms with Crippen molar-refractivity contribution in [3.05, 3.63) is 77.9 Å². The molecule has 0 bridgehead atoms. The Morgan fingerprint density at radius 2 is 1.70 bits per heavy atom. The maximum Gasteiger partial charge on any atom is 0.241 e. The third-order valence-electron chi connectivity index (χ3n) is 3.79. The zero-order valence-electron chi connectivity index (χ0n) is 13.6. The number of benzene rings is 2. The molecule has 0 saturated heterocycles. The average Bonchev–Trinajstić information content (AvgIpc) is 2.52. The van der Waals surface area contributed by atoms with Gasteiger partial charge in [-0.25, -0.2) is 13.1 Å². The first-order valence-corrected chi connectivity index (χ1v) is 9.15. The normalized spacial score (nSPS) is 12.8. The SMILES string of the molecule is C=C(C)C(CCc1ccccc1)NS(=O)(=O)c1ccc(C)cc1. The molecule has 0 aliphatic rings. The van der Waals surface area contributed by atoms with Gasteiger partial charge in [-0.05, 0) is 44.4 Å². The average molecular weight is 329 g/mol. The molecule has 0 heterocycles. The summed E-state index contributed by atoms with van der Waals surface area (Å²) in [4.78, 5) is 0.286. The molecule has 0 saturated carbocycles. The highest BCUT2D eigenvalue weighted by Crippen LogP contribution is 2.15. The van der Waals surface area contributed by atoms with E-state index in [0.717, 1.165) is 17.6 Å². The Kier molecular flexibility index (Phi) is 5.74. The minimum absolute atomic E-state index is 0.276. The van der Waals surface area contributed by atoms with Crippen molar-refractivity contribution in [2.45, 2.75) is 37.6 Å². The molecule has 0 aliphatic carbocycles. The Morgan fingerprint density at radius 3 is 2.26 bits per heavy atom. The van der Waals surface area contributed by atoms with E-state index in [1.165, 1.54) is 5.56 Å². The van der Waals surface area contributed by atoms with Gasteiger partial charge in [-0.2, -0.15) is 0 Å². The summed E-state index contributed by atoms with van der Waals surface area (Å²) in [7, 11) is -3.54. The Labute approximate surface area is 139 Å². The fourth-order valence-electron chi connectivity index (χ4n) is 2.33. The molecule has 3 nitrogen and oxygen atoms in total. The van der Waals surface area contributed by atoms with Crippen LogP contribution in [0.5, 0.6) is 0 Å². The molecule has 1 unspecified atom stereocenters. The highest BCUT2D eigenvalue weighted by molar-refractivity contribution is 7.89. The Morgan fingerprint density at radius 1 is 1.09 bits per heavy atom. The molecule has 0 aromatic heterocycles. The van der Waals surface area contributed by atoms with Gasteiger partial charge in [0.2, 0.25) is 10.0 Å². The van der Waals surface area contributed by atoms with Crippen LogP contribution in [0.15, 0.2) is 71.6 Å². The molecule has 23 heavy (non-hydrogen) atoms. The number of hydrogen-bond donors (Lipinski definition) is 1. The summed E-state index contributed by atoms with van der Waals surface area (Å²) in [6, 6.07) is 16.6. The van der Waals surface area contributed by atoms with E-state index < -0.39 is 10.0 Å². The lowest BCUT2D eigenvalue weighted by molar-refractivity contribution is 0.555. The van der Waals surface area contributed by atoms with Gasteiger partial charge in [-0.3, -0.25) is 0 Å². The van der Waals surface area contributed by atoms with Gasteiger partial charge in [0.1, 0.15) is 0 Å². The van der Waals surface area contributed by atoms with E-state index in [0.29, 0.717) is 6.42 Å². The van der Waals surface area contributed by atoms with Crippen LogP contribution in [0, 0.1) is 6.92 Å². The second-order valence-electron chi connectivity index (χ2n) is 5.86. The van der Waals surface area contributed by atoms with Gasteiger partial charge >= 0.3 is 0 Å². The molecule has 0 amide bonds. The molecular formula is C19H23NO2S. The number of rotatable bonds is 7. The van der Waals surface area contributed by atoms with Crippen molar-refractivity contribution in [2.75, 3.05) is 0 Å². The van der Waals surface area contributed by atoms with Crippen molar-refractivity contribution in [1.29, 1.82) is 0 Å². The Balaban J connectivity index is 2.09. The summed E-state index contributed by atoms with van der Waals surface area (Å²) in [5, 5.41) is 0. The Hall–Kier alpha value is -1.91. The molecule has 0 aliphatic heterocycles. The fraction of sp³-hybridized carbons (Fsp3) is 0.263. The van der Waals surface area contributed by atoms with Crippen LogP contribution in [0.25, 0.3) is 0 Å². The third kappa shape index (κ3) is 5.05. The van der Waals surface area contributed by atoms with Gasteiger partial charge in [0, 0.05) is 6.04 Å². The van der Waals surface area contributed by atoms with Crippen molar-refractivity contribution in [3.8, 4) is 0 Å². The number of aryl methyl sites for hydroxylation is 2. The molecule has 4 heteroatoms. The third-order valence-corrected chi connectivity index (χ3v) is 5.28. The smallest absolute Gasteiger partial charge is 0.207 e. The van der Waals surface area contributed by atoms with E-state index in [-0.39, 0.29) is 10.9 Å². The van der Waals surface area contributed by atoms with Crippen molar-refractivity contribution in [1.82, 2.24) is 4.72 Å².